The van der Waals surface area contributed by atoms with Crippen LogP contribution in [-0.4, -0.2) is 31.2 Å². The summed E-state index contributed by atoms with van der Waals surface area (Å²) in [5, 5.41) is 14.0. The predicted molar refractivity (Wildman–Crippen MR) is 148 cm³/mol. The Morgan fingerprint density at radius 3 is 2.55 bits per heavy atom. The fraction of sp³-hybridized carbons (Fsp3) is 0.233. The lowest BCUT2D eigenvalue weighted by Gasteiger charge is -2.29. The van der Waals surface area contributed by atoms with E-state index in [9.17, 15) is 14.9 Å². The minimum Gasteiger partial charge on any atom is -0.497 e. The highest BCUT2D eigenvalue weighted by molar-refractivity contribution is 8.03. The average molecular weight is 531 g/mol. The second-order valence-electron chi connectivity index (χ2n) is 8.16. The number of ketones is 1. The number of thioether (sulfide) groups is 1. The number of esters is 1. The molecule has 2 aromatic carbocycles. The van der Waals surface area contributed by atoms with Gasteiger partial charge in [-0.05, 0) is 42.3 Å². The number of allylic oxidation sites excluding steroid dienone is 1. The van der Waals surface area contributed by atoms with Crippen LogP contribution < -0.4 is 10.1 Å². The minimum atomic E-state index is -0.786. The summed E-state index contributed by atoms with van der Waals surface area (Å²) in [6, 6.07) is 22.4. The van der Waals surface area contributed by atoms with Crippen LogP contribution in [0.1, 0.15) is 37.2 Å². The summed E-state index contributed by atoms with van der Waals surface area (Å²) in [5.41, 5.74) is 2.68. The molecule has 196 valence electrons. The smallest absolute Gasteiger partial charge is 0.337 e. The van der Waals surface area contributed by atoms with Gasteiger partial charge < -0.3 is 19.2 Å². The Hall–Kier alpha value is -4.22. The van der Waals surface area contributed by atoms with E-state index in [-0.39, 0.29) is 43.1 Å². The van der Waals surface area contributed by atoms with E-state index in [1.807, 2.05) is 54.6 Å². The van der Waals surface area contributed by atoms with E-state index in [0.29, 0.717) is 22.2 Å². The van der Waals surface area contributed by atoms with E-state index in [1.165, 1.54) is 18.0 Å². The maximum absolute atomic E-state index is 13.2. The monoisotopic (exact) mass is 530 g/mol. The van der Waals surface area contributed by atoms with Crippen molar-refractivity contribution in [3.05, 3.63) is 106 Å². The molecule has 38 heavy (non-hydrogen) atoms. The summed E-state index contributed by atoms with van der Waals surface area (Å²) in [5.74, 6) is -0.0810. The van der Waals surface area contributed by atoms with Crippen molar-refractivity contribution in [2.45, 2.75) is 26.7 Å². The first-order valence-electron chi connectivity index (χ1n) is 11.7. The van der Waals surface area contributed by atoms with Crippen molar-refractivity contribution in [2.24, 2.45) is 0 Å². The Morgan fingerprint density at radius 1 is 1.11 bits per heavy atom. The minimum absolute atomic E-state index is 0. The number of rotatable bonds is 10. The van der Waals surface area contributed by atoms with E-state index in [4.69, 9.17) is 13.9 Å². The molecule has 3 aromatic rings. The number of carbonyl (C=O) groups excluding carboxylic acids is 2. The van der Waals surface area contributed by atoms with Crippen LogP contribution in [0.25, 0.3) is 5.70 Å². The molecule has 1 N–H and O–H groups in total. The number of hydrogen-bond donors (Lipinski definition) is 1. The van der Waals surface area contributed by atoms with E-state index >= 15 is 0 Å². The number of nitriles is 1. The number of ether oxygens (including phenoxy) is 2. The summed E-state index contributed by atoms with van der Waals surface area (Å²) in [6.45, 7) is 1.91. The molecule has 0 amide bonds. The molecule has 0 spiro atoms. The van der Waals surface area contributed by atoms with Crippen LogP contribution in [0, 0.1) is 11.3 Å². The molecule has 1 atom stereocenters. The molecule has 1 unspecified atom stereocenters. The molecule has 0 saturated heterocycles. The zero-order chi connectivity index (χ0) is 26.2. The molecule has 8 heteroatoms. The number of Topliss-reactive ketones (excluding diaryl/α,β-unsaturated/α-hetero) is 1. The predicted octanol–water partition coefficient (Wildman–Crippen LogP) is 5.87. The third-order valence-corrected chi connectivity index (χ3v) is 6.83. The van der Waals surface area contributed by atoms with Gasteiger partial charge in [-0.25, -0.2) is 4.79 Å². The number of dihydropyridines is 1. The van der Waals surface area contributed by atoms with Gasteiger partial charge in [-0.3, -0.25) is 4.79 Å². The van der Waals surface area contributed by atoms with E-state index < -0.39 is 11.9 Å². The third kappa shape index (κ3) is 6.36. The molecule has 0 fully saturated rings. The second-order valence-corrected chi connectivity index (χ2v) is 9.14. The average Bonchev–Trinajstić information content (AvgIpc) is 3.46. The van der Waals surface area contributed by atoms with Crippen LogP contribution in [0.5, 0.6) is 5.75 Å². The van der Waals surface area contributed by atoms with Gasteiger partial charge >= 0.3 is 5.97 Å². The molecule has 0 aliphatic carbocycles. The summed E-state index contributed by atoms with van der Waals surface area (Å²) >= 11 is 1.23. The molecular formula is C30H30N2O5S. The number of nitrogens with one attached hydrogen (secondary N) is 1. The standard InChI is InChI=1S/C29H26N2O5S.CH4/c1-3-35-29(33)26-25(24-13-8-14-36-24)23(17-30)28(31-27(26)20-10-5-4-6-11-20)37-18-21(32)15-19-9-7-12-22(16-19)34-2;/h4-14,16,25,31H,3,15,18H2,1-2H3;1H4. The summed E-state index contributed by atoms with van der Waals surface area (Å²) in [6.07, 6.45) is 1.73. The summed E-state index contributed by atoms with van der Waals surface area (Å²) in [7, 11) is 1.58. The van der Waals surface area contributed by atoms with Gasteiger partial charge in [0, 0.05) is 6.42 Å². The molecule has 2 heterocycles. The molecule has 1 aliphatic heterocycles. The van der Waals surface area contributed by atoms with Crippen molar-refractivity contribution < 1.29 is 23.5 Å². The van der Waals surface area contributed by atoms with Gasteiger partial charge in [0.05, 0.1) is 59.6 Å². The van der Waals surface area contributed by atoms with Crippen LogP contribution in [0.15, 0.2) is 93.6 Å². The maximum Gasteiger partial charge on any atom is 0.337 e. The Kier molecular flexibility index (Phi) is 9.97. The van der Waals surface area contributed by atoms with Crippen molar-refractivity contribution >= 4 is 29.2 Å². The van der Waals surface area contributed by atoms with Gasteiger partial charge in [-0.2, -0.15) is 5.26 Å². The van der Waals surface area contributed by atoms with Crippen LogP contribution >= 0.6 is 11.8 Å². The lowest BCUT2D eigenvalue weighted by molar-refractivity contribution is -0.138. The van der Waals surface area contributed by atoms with E-state index in [2.05, 4.69) is 11.4 Å². The molecule has 0 bridgehead atoms. The number of hydrogen-bond acceptors (Lipinski definition) is 8. The highest BCUT2D eigenvalue weighted by atomic mass is 32.2. The highest BCUT2D eigenvalue weighted by Crippen LogP contribution is 2.43. The summed E-state index contributed by atoms with van der Waals surface area (Å²) in [4.78, 5) is 26.1. The molecule has 4 rings (SSSR count). The van der Waals surface area contributed by atoms with E-state index in [0.717, 1.165) is 11.1 Å². The molecule has 0 saturated carbocycles. The number of carbonyl (C=O) groups is 2. The first-order valence-corrected chi connectivity index (χ1v) is 12.7. The normalized spacial score (nSPS) is 14.7. The molecule has 0 radical (unpaired) electrons. The SMILES string of the molecule is C.CCOC(=O)C1=C(c2ccccc2)NC(SCC(=O)Cc2cccc(OC)c2)=C(C#N)C1c1ccco1. The van der Waals surface area contributed by atoms with Crippen molar-refractivity contribution in [3.8, 4) is 11.8 Å². The van der Waals surface area contributed by atoms with Crippen LogP contribution in [0.4, 0.5) is 0 Å². The third-order valence-electron chi connectivity index (χ3n) is 5.75. The fourth-order valence-corrected chi connectivity index (χ4v) is 5.01. The van der Waals surface area contributed by atoms with Crippen molar-refractivity contribution in [1.29, 1.82) is 5.26 Å². The second kappa shape index (κ2) is 13.4. The highest BCUT2D eigenvalue weighted by Gasteiger charge is 2.38. The first-order chi connectivity index (χ1) is 18.0. The molecule has 7 nitrogen and oxygen atoms in total. The Morgan fingerprint density at radius 2 is 1.89 bits per heavy atom. The Bertz CT molecular complexity index is 1370. The van der Waals surface area contributed by atoms with Crippen molar-refractivity contribution in [2.75, 3.05) is 19.5 Å². The number of furan rings is 1. The van der Waals surface area contributed by atoms with Gasteiger partial charge in [0.2, 0.25) is 0 Å². The zero-order valence-corrected chi connectivity index (χ0v) is 21.3. The van der Waals surface area contributed by atoms with Gasteiger partial charge in [0.15, 0.2) is 0 Å². The lowest BCUT2D eigenvalue weighted by atomic mass is 9.84. The van der Waals surface area contributed by atoms with Crippen LogP contribution in [-0.2, 0) is 20.7 Å². The Labute approximate surface area is 227 Å². The van der Waals surface area contributed by atoms with Crippen molar-refractivity contribution in [3.63, 3.8) is 0 Å². The topological polar surface area (TPSA) is 102 Å². The van der Waals surface area contributed by atoms with Crippen molar-refractivity contribution in [1.82, 2.24) is 5.32 Å². The van der Waals surface area contributed by atoms with E-state index in [1.54, 1.807) is 26.2 Å². The lowest BCUT2D eigenvalue weighted by Crippen LogP contribution is -2.29. The van der Waals surface area contributed by atoms with Gasteiger partial charge in [-0.1, -0.05) is 61.7 Å². The largest absolute Gasteiger partial charge is 0.497 e. The number of methoxy groups -OCH3 is 1. The Balaban J connectivity index is 0.00000400. The zero-order valence-electron chi connectivity index (χ0n) is 20.5. The molecule has 1 aromatic heterocycles. The first kappa shape index (κ1) is 28.4. The quantitative estimate of drug-likeness (QED) is 0.325. The summed E-state index contributed by atoms with van der Waals surface area (Å²) < 4.78 is 16.3. The van der Waals surface area contributed by atoms with Crippen LogP contribution in [0.3, 0.4) is 0 Å². The maximum atomic E-state index is 13.2. The van der Waals surface area contributed by atoms with Gasteiger partial charge in [0.25, 0.3) is 0 Å². The van der Waals surface area contributed by atoms with Crippen LogP contribution in [0.2, 0.25) is 0 Å². The van der Waals surface area contributed by atoms with Gasteiger partial charge in [0.1, 0.15) is 17.3 Å². The number of nitrogens with zero attached hydrogens (tertiary/aromatic N) is 1. The molecular weight excluding hydrogens is 500 g/mol. The van der Waals surface area contributed by atoms with Gasteiger partial charge in [-0.15, -0.1) is 0 Å². The fourth-order valence-electron chi connectivity index (χ4n) is 4.11. The molecule has 1 aliphatic rings. The number of benzene rings is 2.